The fourth-order valence-corrected chi connectivity index (χ4v) is 6.34. The Morgan fingerprint density at radius 3 is 2.65 bits per heavy atom. The number of carbonyl (C=O) groups excluding carboxylic acids is 1. The summed E-state index contributed by atoms with van der Waals surface area (Å²) in [6.07, 6.45) is 1.43. The standard InChI is InChI=1S/C26H31ClF3N3O2S2/c1-26(8-2-10-35-16-26)25(34)32-37-21-11-22(27)24(23(30)12-21)31-19(7-9-33-13-18(29)14-33)15-36-20-5-3-17(28)4-6-20/h3-6,11-12,18-19,31H,2,7-10,13-16H2,1H3,(H,32,34). The average Bonchev–Trinajstić information content (AvgIpc) is 2.85. The molecule has 4 rings (SSSR count). The zero-order valence-electron chi connectivity index (χ0n) is 20.6. The molecule has 0 radical (unpaired) electrons. The number of halogens is 4. The third kappa shape index (κ3) is 7.95. The number of amides is 1. The quantitative estimate of drug-likeness (QED) is 0.247. The number of hydrogen-bond acceptors (Lipinski definition) is 6. The number of benzene rings is 2. The molecule has 2 aromatic rings. The molecule has 0 saturated carbocycles. The Morgan fingerprint density at radius 2 is 2.00 bits per heavy atom. The molecule has 202 valence electrons. The van der Waals surface area contributed by atoms with E-state index in [4.69, 9.17) is 16.3 Å². The molecule has 2 atom stereocenters. The van der Waals surface area contributed by atoms with Crippen molar-refractivity contribution in [1.29, 1.82) is 0 Å². The molecule has 2 unspecified atom stereocenters. The fraction of sp³-hybridized carbons (Fsp3) is 0.500. The highest BCUT2D eigenvalue weighted by atomic mass is 35.5. The van der Waals surface area contributed by atoms with Crippen molar-refractivity contribution in [3.63, 3.8) is 0 Å². The summed E-state index contributed by atoms with van der Waals surface area (Å²) in [4.78, 5) is 16.0. The van der Waals surface area contributed by atoms with Crippen molar-refractivity contribution in [3.8, 4) is 0 Å². The lowest BCUT2D eigenvalue weighted by molar-refractivity contribution is -0.135. The Morgan fingerprint density at radius 1 is 1.24 bits per heavy atom. The van der Waals surface area contributed by atoms with Gasteiger partial charge in [0, 0.05) is 47.8 Å². The molecule has 0 bridgehead atoms. The van der Waals surface area contributed by atoms with Crippen LogP contribution in [-0.4, -0.2) is 61.6 Å². The first-order valence-corrected chi connectivity index (χ1v) is 14.5. The molecule has 2 aliphatic rings. The monoisotopic (exact) mass is 573 g/mol. The maximum absolute atomic E-state index is 15.2. The second-order valence-corrected chi connectivity index (χ2v) is 12.1. The Hall–Kier alpha value is -1.59. The normalized spacial score (nSPS) is 21.3. The summed E-state index contributed by atoms with van der Waals surface area (Å²) in [7, 11) is 0. The minimum Gasteiger partial charge on any atom is -0.380 e. The van der Waals surface area contributed by atoms with Gasteiger partial charge in [-0.15, -0.1) is 11.8 Å². The van der Waals surface area contributed by atoms with Gasteiger partial charge in [-0.05, 0) is 74.5 Å². The third-order valence-corrected chi connectivity index (χ3v) is 8.81. The summed E-state index contributed by atoms with van der Waals surface area (Å²) in [5.41, 5.74) is -0.426. The highest BCUT2D eigenvalue weighted by molar-refractivity contribution is 7.99. The SMILES string of the molecule is CC1(C(=O)NSc2cc(F)c(NC(CCN3CC(F)C3)CSc3ccc(F)cc3)c(Cl)c2)CCCOC1. The third-order valence-electron chi connectivity index (χ3n) is 6.58. The van der Waals surface area contributed by atoms with Gasteiger partial charge in [0.1, 0.15) is 17.8 Å². The molecule has 0 aromatic heterocycles. The van der Waals surface area contributed by atoms with E-state index in [1.54, 1.807) is 18.2 Å². The second-order valence-electron chi connectivity index (χ2n) is 9.76. The molecular formula is C26H31ClF3N3O2S2. The van der Waals surface area contributed by atoms with Crippen molar-refractivity contribution in [2.45, 2.75) is 48.2 Å². The maximum Gasteiger partial charge on any atom is 0.238 e. The lowest BCUT2D eigenvalue weighted by atomic mass is 9.84. The van der Waals surface area contributed by atoms with Crippen LogP contribution in [0.4, 0.5) is 18.9 Å². The maximum atomic E-state index is 15.2. The van der Waals surface area contributed by atoms with Crippen LogP contribution in [0.5, 0.6) is 0 Å². The van der Waals surface area contributed by atoms with Crippen molar-refractivity contribution in [2.75, 3.05) is 43.9 Å². The number of nitrogens with zero attached hydrogens (tertiary/aromatic N) is 1. The van der Waals surface area contributed by atoms with Gasteiger partial charge in [-0.25, -0.2) is 13.2 Å². The highest BCUT2D eigenvalue weighted by Gasteiger charge is 2.35. The summed E-state index contributed by atoms with van der Waals surface area (Å²) in [6, 6.07) is 9.00. The molecule has 2 saturated heterocycles. The van der Waals surface area contributed by atoms with Crippen molar-refractivity contribution < 1.29 is 22.7 Å². The van der Waals surface area contributed by atoms with Crippen molar-refractivity contribution in [1.82, 2.24) is 9.62 Å². The summed E-state index contributed by atoms with van der Waals surface area (Å²) >= 11 is 9.02. The molecule has 5 nitrogen and oxygen atoms in total. The molecule has 2 N–H and O–H groups in total. The topological polar surface area (TPSA) is 53.6 Å². The number of likely N-dealkylation sites (tertiary alicyclic amines) is 1. The average molecular weight is 574 g/mol. The van der Waals surface area contributed by atoms with Crippen LogP contribution in [0.15, 0.2) is 46.2 Å². The van der Waals surface area contributed by atoms with E-state index in [1.165, 1.54) is 30.0 Å². The zero-order chi connectivity index (χ0) is 26.4. The first-order chi connectivity index (χ1) is 17.7. The molecule has 2 fully saturated rings. The first-order valence-electron chi connectivity index (χ1n) is 12.3. The van der Waals surface area contributed by atoms with Crippen LogP contribution >= 0.6 is 35.3 Å². The van der Waals surface area contributed by atoms with E-state index in [1.807, 2.05) is 11.8 Å². The van der Waals surface area contributed by atoms with Gasteiger partial charge in [-0.2, -0.15) is 0 Å². The summed E-state index contributed by atoms with van der Waals surface area (Å²) in [6.45, 7) is 4.37. The summed E-state index contributed by atoms with van der Waals surface area (Å²) in [5.74, 6) is -0.403. The molecule has 0 spiro atoms. The molecule has 0 aliphatic carbocycles. The number of thioether (sulfide) groups is 1. The lowest BCUT2D eigenvalue weighted by Gasteiger charge is -2.35. The Balaban J connectivity index is 1.38. The zero-order valence-corrected chi connectivity index (χ0v) is 23.0. The van der Waals surface area contributed by atoms with Gasteiger partial charge in [-0.3, -0.25) is 14.4 Å². The Labute approximate surface area is 229 Å². The van der Waals surface area contributed by atoms with Gasteiger partial charge < -0.3 is 10.1 Å². The number of hydrogen-bond donors (Lipinski definition) is 2. The first kappa shape index (κ1) is 28.4. The molecule has 2 aliphatic heterocycles. The molecule has 37 heavy (non-hydrogen) atoms. The van der Waals surface area contributed by atoms with E-state index in [-0.39, 0.29) is 28.5 Å². The van der Waals surface area contributed by atoms with Crippen LogP contribution in [0.2, 0.25) is 5.02 Å². The summed E-state index contributed by atoms with van der Waals surface area (Å²) in [5, 5.41) is 3.43. The van der Waals surface area contributed by atoms with E-state index in [9.17, 15) is 13.6 Å². The number of carbonyl (C=O) groups is 1. The number of nitrogens with one attached hydrogen (secondary N) is 2. The minimum atomic E-state index is -0.786. The van der Waals surface area contributed by atoms with Crippen LogP contribution in [0.25, 0.3) is 0 Å². The smallest absolute Gasteiger partial charge is 0.238 e. The van der Waals surface area contributed by atoms with Crippen LogP contribution < -0.4 is 10.0 Å². The van der Waals surface area contributed by atoms with Crippen molar-refractivity contribution in [3.05, 3.63) is 53.1 Å². The van der Waals surface area contributed by atoms with Crippen LogP contribution in [0.3, 0.4) is 0 Å². The highest BCUT2D eigenvalue weighted by Crippen LogP contribution is 2.34. The molecular weight excluding hydrogens is 543 g/mol. The predicted molar refractivity (Wildman–Crippen MR) is 144 cm³/mol. The van der Waals surface area contributed by atoms with Gasteiger partial charge in [0.2, 0.25) is 5.91 Å². The largest absolute Gasteiger partial charge is 0.380 e. The van der Waals surface area contributed by atoms with E-state index < -0.39 is 17.4 Å². The molecule has 2 aromatic carbocycles. The van der Waals surface area contributed by atoms with E-state index in [0.29, 0.717) is 49.9 Å². The van der Waals surface area contributed by atoms with Gasteiger partial charge in [0.15, 0.2) is 0 Å². The number of alkyl halides is 1. The van der Waals surface area contributed by atoms with Crippen LogP contribution in [0, 0.1) is 17.0 Å². The van der Waals surface area contributed by atoms with E-state index in [2.05, 4.69) is 10.0 Å². The molecule has 11 heteroatoms. The van der Waals surface area contributed by atoms with E-state index >= 15 is 4.39 Å². The van der Waals surface area contributed by atoms with Crippen molar-refractivity contribution in [2.24, 2.45) is 5.41 Å². The van der Waals surface area contributed by atoms with E-state index in [0.717, 1.165) is 29.7 Å². The number of ether oxygens (including phenoxy) is 1. The molecule has 1 amide bonds. The van der Waals surface area contributed by atoms with Gasteiger partial charge in [0.05, 0.1) is 22.7 Å². The van der Waals surface area contributed by atoms with Crippen LogP contribution in [-0.2, 0) is 9.53 Å². The van der Waals surface area contributed by atoms with Crippen LogP contribution in [0.1, 0.15) is 26.2 Å². The molecule has 2 heterocycles. The van der Waals surface area contributed by atoms with Crippen molar-refractivity contribution >= 4 is 46.9 Å². The lowest BCUT2D eigenvalue weighted by Crippen LogP contribution is -2.49. The number of anilines is 1. The van der Waals surface area contributed by atoms with Gasteiger partial charge >= 0.3 is 0 Å². The Bertz CT molecular complexity index is 1040. The summed E-state index contributed by atoms with van der Waals surface area (Å²) < 4.78 is 49.9. The number of rotatable bonds is 11. The Kier molecular flexibility index (Phi) is 9.97. The van der Waals surface area contributed by atoms with Gasteiger partial charge in [-0.1, -0.05) is 11.6 Å². The minimum absolute atomic E-state index is 0.157. The van der Waals surface area contributed by atoms with Gasteiger partial charge in [0.25, 0.3) is 0 Å². The second kappa shape index (κ2) is 13.0. The fourth-order valence-electron chi connectivity index (χ4n) is 4.25. The predicted octanol–water partition coefficient (Wildman–Crippen LogP) is 6.17.